The molecule has 1 aromatic heterocycles. The first kappa shape index (κ1) is 20.2. The van der Waals surface area contributed by atoms with Gasteiger partial charge in [-0.3, -0.25) is 4.79 Å². The molecule has 0 saturated carbocycles. The zero-order chi connectivity index (χ0) is 20.5. The minimum absolute atomic E-state index is 0.197. The van der Waals surface area contributed by atoms with E-state index in [-0.39, 0.29) is 5.91 Å². The number of benzene rings is 3. The fourth-order valence-corrected chi connectivity index (χ4v) is 4.79. The summed E-state index contributed by atoms with van der Waals surface area (Å²) in [6.45, 7) is 0. The maximum atomic E-state index is 13.3. The van der Waals surface area contributed by atoms with Gasteiger partial charge >= 0.3 is 0 Å². The molecule has 1 N–H and O–H groups in total. The van der Waals surface area contributed by atoms with Crippen molar-refractivity contribution in [3.8, 4) is 0 Å². The van der Waals surface area contributed by atoms with Gasteiger partial charge < -0.3 is 9.88 Å². The van der Waals surface area contributed by atoms with E-state index in [4.69, 9.17) is 34.8 Å². The number of anilines is 1. The van der Waals surface area contributed by atoms with Crippen LogP contribution in [0.4, 0.5) is 5.69 Å². The lowest BCUT2D eigenvalue weighted by Gasteiger charge is -2.10. The number of hydrogen-bond donors (Lipinski definition) is 1. The largest absolute Gasteiger partial charge is 0.338 e. The highest BCUT2D eigenvalue weighted by Crippen LogP contribution is 2.40. The predicted octanol–water partition coefficient (Wildman–Crippen LogP) is 7.54. The third-order valence-corrected chi connectivity index (χ3v) is 6.64. The lowest BCUT2D eigenvalue weighted by molar-refractivity contribution is 0.102. The van der Waals surface area contributed by atoms with E-state index in [9.17, 15) is 4.79 Å². The Hall–Kier alpha value is -2.11. The summed E-state index contributed by atoms with van der Waals surface area (Å²) in [7, 11) is 1.94. The Morgan fingerprint density at radius 2 is 1.62 bits per heavy atom. The van der Waals surface area contributed by atoms with Crippen LogP contribution in [0.3, 0.4) is 0 Å². The summed E-state index contributed by atoms with van der Waals surface area (Å²) < 4.78 is 2.00. The molecule has 0 radical (unpaired) electrons. The molecule has 146 valence electrons. The van der Waals surface area contributed by atoms with Gasteiger partial charge in [0.25, 0.3) is 5.91 Å². The van der Waals surface area contributed by atoms with Crippen LogP contribution in [0, 0.1) is 0 Å². The van der Waals surface area contributed by atoms with Gasteiger partial charge in [-0.1, -0.05) is 64.8 Å². The molecular formula is C22H15Cl3N2OS. The number of amides is 1. The summed E-state index contributed by atoms with van der Waals surface area (Å²) in [5.74, 6) is -0.197. The van der Waals surface area contributed by atoms with E-state index in [2.05, 4.69) is 5.32 Å². The van der Waals surface area contributed by atoms with Gasteiger partial charge in [-0.05, 0) is 48.5 Å². The van der Waals surface area contributed by atoms with Crippen LogP contribution >= 0.6 is 46.6 Å². The van der Waals surface area contributed by atoms with Gasteiger partial charge in [0.05, 0.1) is 15.6 Å². The molecule has 29 heavy (non-hydrogen) atoms. The van der Waals surface area contributed by atoms with Crippen LogP contribution in [0.2, 0.25) is 15.1 Å². The number of carbonyl (C=O) groups is 1. The minimum atomic E-state index is -0.197. The van der Waals surface area contributed by atoms with Crippen molar-refractivity contribution in [2.45, 2.75) is 9.92 Å². The second-order valence-electron chi connectivity index (χ2n) is 6.39. The van der Waals surface area contributed by atoms with Gasteiger partial charge in [0, 0.05) is 38.6 Å². The highest BCUT2D eigenvalue weighted by molar-refractivity contribution is 7.99. The number of halogens is 3. The van der Waals surface area contributed by atoms with Gasteiger partial charge in [-0.15, -0.1) is 0 Å². The van der Waals surface area contributed by atoms with Crippen molar-refractivity contribution in [3.05, 3.63) is 87.4 Å². The van der Waals surface area contributed by atoms with Crippen molar-refractivity contribution in [2.75, 3.05) is 5.32 Å². The number of aromatic nitrogens is 1. The minimum Gasteiger partial charge on any atom is -0.338 e. The number of nitrogens with one attached hydrogen (secondary N) is 1. The van der Waals surface area contributed by atoms with E-state index in [0.29, 0.717) is 26.3 Å². The maximum Gasteiger partial charge on any atom is 0.259 e. The topological polar surface area (TPSA) is 34.0 Å². The first-order valence-corrected chi connectivity index (χ1v) is 10.7. The van der Waals surface area contributed by atoms with Crippen LogP contribution in [0.25, 0.3) is 10.9 Å². The van der Waals surface area contributed by atoms with E-state index in [1.54, 1.807) is 36.4 Å². The van der Waals surface area contributed by atoms with Crippen LogP contribution in [0.1, 0.15) is 10.4 Å². The molecule has 1 heterocycles. The van der Waals surface area contributed by atoms with Crippen LogP contribution in [0.5, 0.6) is 0 Å². The molecule has 0 fully saturated rings. The average molecular weight is 462 g/mol. The lowest BCUT2D eigenvalue weighted by Crippen LogP contribution is -2.13. The third-order valence-electron chi connectivity index (χ3n) is 4.48. The summed E-state index contributed by atoms with van der Waals surface area (Å²) in [5, 5.41) is 6.34. The Morgan fingerprint density at radius 1 is 0.931 bits per heavy atom. The fraction of sp³-hybridized carbons (Fsp3) is 0.0455. The normalized spacial score (nSPS) is 11.0. The van der Waals surface area contributed by atoms with Crippen molar-refractivity contribution in [1.29, 1.82) is 0 Å². The van der Waals surface area contributed by atoms with E-state index < -0.39 is 0 Å². The van der Waals surface area contributed by atoms with Gasteiger partial charge in [0.2, 0.25) is 0 Å². The highest BCUT2D eigenvalue weighted by Gasteiger charge is 2.22. The summed E-state index contributed by atoms with van der Waals surface area (Å²) in [6, 6.07) is 20.2. The number of para-hydroxylation sites is 1. The molecule has 3 nitrogen and oxygen atoms in total. The third kappa shape index (κ3) is 4.12. The van der Waals surface area contributed by atoms with Crippen molar-refractivity contribution >= 4 is 69.1 Å². The van der Waals surface area contributed by atoms with E-state index in [1.807, 2.05) is 41.9 Å². The van der Waals surface area contributed by atoms with E-state index in [1.165, 1.54) is 11.8 Å². The standard InChI is InChI=1S/C22H15Cl3N2OS/c1-27-18-5-3-2-4-16(18)20(21(28)26-15-9-6-13(23)7-10-15)22(27)29-19-11-8-14(24)12-17(19)25/h2-12H,1H3,(H,26,28). The molecule has 7 heteroatoms. The molecule has 1 amide bonds. The number of hydrogen-bond acceptors (Lipinski definition) is 2. The van der Waals surface area contributed by atoms with E-state index in [0.717, 1.165) is 20.8 Å². The van der Waals surface area contributed by atoms with Gasteiger partial charge in [-0.2, -0.15) is 0 Å². The van der Waals surface area contributed by atoms with Crippen molar-refractivity contribution in [1.82, 2.24) is 4.57 Å². The van der Waals surface area contributed by atoms with Gasteiger partial charge in [0.1, 0.15) is 0 Å². The monoisotopic (exact) mass is 460 g/mol. The number of carbonyl (C=O) groups excluding carboxylic acids is 1. The molecule has 0 aliphatic carbocycles. The summed E-state index contributed by atoms with van der Waals surface area (Å²) in [5.41, 5.74) is 2.23. The first-order chi connectivity index (χ1) is 13.9. The average Bonchev–Trinajstić information content (AvgIpc) is 2.98. The Balaban J connectivity index is 1.80. The summed E-state index contributed by atoms with van der Waals surface area (Å²) >= 11 is 19.8. The molecule has 0 atom stereocenters. The molecule has 3 aromatic carbocycles. The Kier molecular flexibility index (Phi) is 5.79. The summed E-state index contributed by atoms with van der Waals surface area (Å²) in [4.78, 5) is 14.1. The lowest BCUT2D eigenvalue weighted by atomic mass is 10.1. The van der Waals surface area contributed by atoms with E-state index >= 15 is 0 Å². The van der Waals surface area contributed by atoms with Gasteiger partial charge in [0.15, 0.2) is 0 Å². The number of aryl methyl sites for hydroxylation is 1. The Bertz CT molecular complexity index is 1220. The van der Waals surface area contributed by atoms with Crippen molar-refractivity contribution in [2.24, 2.45) is 7.05 Å². The predicted molar refractivity (Wildman–Crippen MR) is 123 cm³/mol. The van der Waals surface area contributed by atoms with Crippen molar-refractivity contribution in [3.63, 3.8) is 0 Å². The fourth-order valence-electron chi connectivity index (χ4n) is 3.10. The Morgan fingerprint density at radius 3 is 2.34 bits per heavy atom. The number of nitrogens with zero attached hydrogens (tertiary/aromatic N) is 1. The SMILES string of the molecule is Cn1c(Sc2ccc(Cl)cc2Cl)c(C(=O)Nc2ccc(Cl)cc2)c2ccccc21. The molecule has 0 saturated heterocycles. The highest BCUT2D eigenvalue weighted by atomic mass is 35.5. The van der Waals surface area contributed by atoms with Crippen LogP contribution in [0.15, 0.2) is 76.7 Å². The second kappa shape index (κ2) is 8.33. The van der Waals surface area contributed by atoms with Crippen LogP contribution in [-0.2, 0) is 7.05 Å². The Labute approximate surface area is 187 Å². The second-order valence-corrected chi connectivity index (χ2v) is 8.70. The molecule has 0 aliphatic rings. The molecule has 0 bridgehead atoms. The summed E-state index contributed by atoms with van der Waals surface area (Å²) in [6.07, 6.45) is 0. The molecule has 0 unspecified atom stereocenters. The smallest absolute Gasteiger partial charge is 0.259 e. The number of fused-ring (bicyclic) bond motifs is 1. The molecule has 4 aromatic rings. The molecule has 0 spiro atoms. The zero-order valence-electron chi connectivity index (χ0n) is 15.2. The maximum absolute atomic E-state index is 13.3. The molecule has 0 aliphatic heterocycles. The van der Waals surface area contributed by atoms with Crippen molar-refractivity contribution < 1.29 is 4.79 Å². The molecular weight excluding hydrogens is 447 g/mol. The first-order valence-electron chi connectivity index (χ1n) is 8.71. The van der Waals surface area contributed by atoms with Gasteiger partial charge in [-0.25, -0.2) is 0 Å². The molecule has 4 rings (SSSR count). The van der Waals surface area contributed by atoms with Crippen LogP contribution < -0.4 is 5.32 Å². The zero-order valence-corrected chi connectivity index (χ0v) is 18.3. The van der Waals surface area contributed by atoms with Crippen LogP contribution in [-0.4, -0.2) is 10.5 Å². The number of rotatable bonds is 4. The quantitative estimate of drug-likeness (QED) is 0.340.